The quantitative estimate of drug-likeness (QED) is 0.581. The summed E-state index contributed by atoms with van der Waals surface area (Å²) in [5.41, 5.74) is 1.60. The molecule has 1 fully saturated rings. The van der Waals surface area contributed by atoms with Crippen molar-refractivity contribution in [1.29, 1.82) is 0 Å². The lowest BCUT2D eigenvalue weighted by Gasteiger charge is -2.17. The van der Waals surface area contributed by atoms with E-state index in [1.165, 1.54) is 45.2 Å². The molecule has 0 amide bonds. The van der Waals surface area contributed by atoms with E-state index in [0.717, 1.165) is 0 Å². The van der Waals surface area contributed by atoms with E-state index in [-0.39, 0.29) is 0 Å². The molecule has 0 aromatic carbocycles. The lowest BCUT2D eigenvalue weighted by atomic mass is 10.2. The van der Waals surface area contributed by atoms with Gasteiger partial charge in [-0.25, -0.2) is 0 Å². The molecule has 0 N–H and O–H groups in total. The van der Waals surface area contributed by atoms with Crippen molar-refractivity contribution in [3.05, 3.63) is 11.8 Å². The number of hydrogen-bond acceptors (Lipinski definition) is 1. The fraction of sp³-hybridized carbons (Fsp3) is 0.818. The highest BCUT2D eigenvalue weighted by Gasteiger charge is 2.13. The predicted molar refractivity (Wildman–Crippen MR) is 54.1 cm³/mol. The predicted octanol–water partition coefficient (Wildman–Crippen LogP) is 3.18. The van der Waals surface area contributed by atoms with Gasteiger partial charge < -0.3 is 4.90 Å². The molecule has 70 valence electrons. The van der Waals surface area contributed by atoms with Crippen LogP contribution in [0.2, 0.25) is 0 Å². The molecule has 1 nitrogen and oxygen atoms in total. The first-order chi connectivity index (χ1) is 5.88. The minimum Gasteiger partial charge on any atom is -0.375 e. The van der Waals surface area contributed by atoms with Crippen LogP contribution >= 0.6 is 0 Å². The van der Waals surface area contributed by atoms with Crippen molar-refractivity contribution >= 4 is 0 Å². The molecule has 0 spiro atoms. The molecule has 1 saturated heterocycles. The highest BCUT2D eigenvalue weighted by atomic mass is 15.1. The van der Waals surface area contributed by atoms with E-state index in [9.17, 15) is 0 Å². The van der Waals surface area contributed by atoms with Gasteiger partial charge in [0.2, 0.25) is 0 Å². The lowest BCUT2D eigenvalue weighted by Crippen LogP contribution is -2.16. The molecule has 1 aliphatic rings. The first kappa shape index (κ1) is 9.63. The third-order valence-electron chi connectivity index (χ3n) is 2.59. The molecule has 0 aromatic rings. The van der Waals surface area contributed by atoms with Gasteiger partial charge in [-0.2, -0.15) is 0 Å². The van der Waals surface area contributed by atoms with Crippen LogP contribution in [0.1, 0.15) is 46.0 Å². The molecule has 1 aliphatic heterocycles. The lowest BCUT2D eigenvalue weighted by molar-refractivity contribution is 0.413. The van der Waals surface area contributed by atoms with Crippen LogP contribution in [0.3, 0.4) is 0 Å². The van der Waals surface area contributed by atoms with E-state index in [1.807, 2.05) is 0 Å². The van der Waals surface area contributed by atoms with Gasteiger partial charge in [-0.3, -0.25) is 0 Å². The zero-order chi connectivity index (χ0) is 8.81. The Bertz CT molecular complexity index is 149. The second kappa shape index (κ2) is 5.23. The number of rotatable bonds is 4. The first-order valence-corrected chi connectivity index (χ1v) is 5.32. The van der Waals surface area contributed by atoms with Crippen molar-refractivity contribution < 1.29 is 0 Å². The Balaban J connectivity index is 2.33. The highest BCUT2D eigenvalue weighted by molar-refractivity contribution is 5.05. The summed E-state index contributed by atoms with van der Waals surface area (Å²) in [7, 11) is 0. The SMILES string of the molecule is CCCCC=C1CCCN1CC. The van der Waals surface area contributed by atoms with Crippen LogP contribution < -0.4 is 0 Å². The molecule has 0 atom stereocenters. The summed E-state index contributed by atoms with van der Waals surface area (Å²) in [6, 6.07) is 0. The number of likely N-dealkylation sites (tertiary alicyclic amines) is 1. The topological polar surface area (TPSA) is 3.24 Å². The molecule has 12 heavy (non-hydrogen) atoms. The van der Waals surface area contributed by atoms with E-state index in [1.54, 1.807) is 5.70 Å². The van der Waals surface area contributed by atoms with Gasteiger partial charge in [-0.1, -0.05) is 25.8 Å². The van der Waals surface area contributed by atoms with Crippen molar-refractivity contribution in [3.8, 4) is 0 Å². The van der Waals surface area contributed by atoms with Crippen molar-refractivity contribution in [3.63, 3.8) is 0 Å². The summed E-state index contributed by atoms with van der Waals surface area (Å²) in [5.74, 6) is 0. The summed E-state index contributed by atoms with van der Waals surface area (Å²) < 4.78 is 0. The van der Waals surface area contributed by atoms with E-state index >= 15 is 0 Å². The molecule has 0 unspecified atom stereocenters. The van der Waals surface area contributed by atoms with Gasteiger partial charge in [-0.15, -0.1) is 0 Å². The molecule has 1 rings (SSSR count). The van der Waals surface area contributed by atoms with Gasteiger partial charge in [0.1, 0.15) is 0 Å². The van der Waals surface area contributed by atoms with Crippen molar-refractivity contribution in [1.82, 2.24) is 4.90 Å². The van der Waals surface area contributed by atoms with Gasteiger partial charge in [0.15, 0.2) is 0 Å². The minimum absolute atomic E-state index is 1.19. The maximum absolute atomic E-state index is 2.51. The number of nitrogens with zero attached hydrogens (tertiary/aromatic N) is 1. The average molecular weight is 167 g/mol. The van der Waals surface area contributed by atoms with Gasteiger partial charge in [0.05, 0.1) is 0 Å². The van der Waals surface area contributed by atoms with Crippen molar-refractivity contribution in [2.75, 3.05) is 13.1 Å². The van der Waals surface area contributed by atoms with Gasteiger partial charge in [-0.05, 0) is 26.2 Å². The van der Waals surface area contributed by atoms with Crippen LogP contribution in [0.15, 0.2) is 11.8 Å². The van der Waals surface area contributed by atoms with Crippen LogP contribution in [0.5, 0.6) is 0 Å². The maximum atomic E-state index is 2.51. The smallest absolute Gasteiger partial charge is 0.0178 e. The Hall–Kier alpha value is -0.460. The average Bonchev–Trinajstić information content (AvgIpc) is 2.52. The molecule has 0 aliphatic carbocycles. The number of unbranched alkanes of at least 4 members (excludes halogenated alkanes) is 2. The molecular weight excluding hydrogens is 146 g/mol. The van der Waals surface area contributed by atoms with Crippen molar-refractivity contribution in [2.24, 2.45) is 0 Å². The Morgan fingerprint density at radius 2 is 2.25 bits per heavy atom. The van der Waals surface area contributed by atoms with E-state index < -0.39 is 0 Å². The molecule has 0 radical (unpaired) electrons. The normalized spacial score (nSPS) is 20.8. The maximum Gasteiger partial charge on any atom is 0.0178 e. The molecular formula is C11H21N. The summed E-state index contributed by atoms with van der Waals surface area (Å²) in [4.78, 5) is 2.51. The van der Waals surface area contributed by atoms with Gasteiger partial charge >= 0.3 is 0 Å². The zero-order valence-electron chi connectivity index (χ0n) is 8.47. The summed E-state index contributed by atoms with van der Waals surface area (Å²) in [5, 5.41) is 0. The van der Waals surface area contributed by atoms with Crippen LogP contribution in [0, 0.1) is 0 Å². The van der Waals surface area contributed by atoms with Crippen LogP contribution in [-0.2, 0) is 0 Å². The zero-order valence-corrected chi connectivity index (χ0v) is 8.47. The molecule has 1 heterocycles. The number of hydrogen-bond donors (Lipinski definition) is 0. The summed E-state index contributed by atoms with van der Waals surface area (Å²) in [6.07, 6.45) is 9.07. The third-order valence-corrected chi connectivity index (χ3v) is 2.59. The van der Waals surface area contributed by atoms with E-state index in [0.29, 0.717) is 0 Å². The fourth-order valence-electron chi connectivity index (χ4n) is 1.82. The van der Waals surface area contributed by atoms with E-state index in [2.05, 4.69) is 24.8 Å². The largest absolute Gasteiger partial charge is 0.375 e. The van der Waals surface area contributed by atoms with Crippen LogP contribution in [0.25, 0.3) is 0 Å². The standard InChI is InChI=1S/C11H21N/c1-3-5-6-8-11-9-7-10-12(11)4-2/h8H,3-7,9-10H2,1-2H3. The molecule has 0 bridgehead atoms. The second-order valence-electron chi connectivity index (χ2n) is 3.52. The van der Waals surface area contributed by atoms with Gasteiger partial charge in [0, 0.05) is 18.8 Å². The fourth-order valence-corrected chi connectivity index (χ4v) is 1.82. The third kappa shape index (κ3) is 2.54. The minimum atomic E-state index is 1.19. The Morgan fingerprint density at radius 1 is 1.42 bits per heavy atom. The summed E-state index contributed by atoms with van der Waals surface area (Å²) in [6.45, 7) is 6.98. The van der Waals surface area contributed by atoms with Gasteiger partial charge in [0.25, 0.3) is 0 Å². The first-order valence-electron chi connectivity index (χ1n) is 5.32. The van der Waals surface area contributed by atoms with Crippen LogP contribution in [0.4, 0.5) is 0 Å². The Labute approximate surface area is 76.5 Å². The Kier molecular flexibility index (Phi) is 4.20. The number of allylic oxidation sites excluding steroid dienone is 2. The second-order valence-corrected chi connectivity index (χ2v) is 3.52. The van der Waals surface area contributed by atoms with E-state index in [4.69, 9.17) is 0 Å². The molecule has 0 saturated carbocycles. The monoisotopic (exact) mass is 167 g/mol. The Morgan fingerprint density at radius 3 is 2.92 bits per heavy atom. The highest BCUT2D eigenvalue weighted by Crippen LogP contribution is 2.20. The van der Waals surface area contributed by atoms with Crippen molar-refractivity contribution in [2.45, 2.75) is 46.0 Å². The molecule has 0 aromatic heterocycles. The summed E-state index contributed by atoms with van der Waals surface area (Å²) >= 11 is 0. The molecule has 1 heteroatoms. The van der Waals surface area contributed by atoms with Crippen LogP contribution in [-0.4, -0.2) is 18.0 Å².